The van der Waals surface area contributed by atoms with Gasteiger partial charge in [-0.2, -0.15) is 0 Å². The van der Waals surface area contributed by atoms with Crippen molar-refractivity contribution >= 4 is 25.8 Å². The van der Waals surface area contributed by atoms with Crippen LogP contribution in [0.15, 0.2) is 0 Å². The van der Waals surface area contributed by atoms with Crippen LogP contribution in [0.2, 0.25) is 0 Å². The summed E-state index contributed by atoms with van der Waals surface area (Å²) < 4.78 is 0.988. The fourth-order valence-corrected chi connectivity index (χ4v) is 2.50. The Labute approximate surface area is 88.6 Å². The molecule has 0 heterocycles. The van der Waals surface area contributed by atoms with Crippen molar-refractivity contribution in [1.29, 1.82) is 0 Å². The van der Waals surface area contributed by atoms with E-state index in [2.05, 4.69) is 15.6 Å². The Morgan fingerprint density at radius 2 is 1.54 bits per heavy atom. The predicted octanol–water partition coefficient (Wildman–Crippen LogP) is 2.28. The summed E-state index contributed by atoms with van der Waals surface area (Å²) >= 11 is 2.96. The van der Waals surface area contributed by atoms with E-state index < -0.39 is 0 Å². The number of hydrogen-bond acceptors (Lipinski definition) is 1. The first-order valence-electron chi connectivity index (χ1n) is 5.26. The van der Waals surface area contributed by atoms with Crippen LogP contribution in [0.5, 0.6) is 0 Å². The third-order valence-electron chi connectivity index (χ3n) is 2.82. The number of hydrogen-bond donors (Lipinski definition) is 0. The van der Waals surface area contributed by atoms with Gasteiger partial charge in [0.05, 0.1) is 0 Å². The first-order chi connectivity index (χ1) is 6.22. The summed E-state index contributed by atoms with van der Waals surface area (Å²) in [6.07, 6.45) is 9.09. The molecule has 0 unspecified atom stereocenters. The molecule has 0 amide bonds. The number of ketones is 1. The van der Waals surface area contributed by atoms with Gasteiger partial charge < -0.3 is 0 Å². The molecule has 1 saturated carbocycles. The molecule has 13 heavy (non-hydrogen) atoms. The van der Waals surface area contributed by atoms with Crippen LogP contribution in [0.3, 0.4) is 0 Å². The van der Waals surface area contributed by atoms with E-state index in [1.54, 1.807) is 6.92 Å². The van der Waals surface area contributed by atoms with Crippen LogP contribution in [0.25, 0.3) is 0 Å². The molecule has 0 N–H and O–H groups in total. The van der Waals surface area contributed by atoms with Crippen LogP contribution in [0.1, 0.15) is 51.9 Å². The van der Waals surface area contributed by atoms with Crippen molar-refractivity contribution in [3.05, 3.63) is 0 Å². The van der Waals surface area contributed by atoms with E-state index in [1.165, 1.54) is 44.9 Å². The molecular weight excluding hydrogens is 227 g/mol. The van der Waals surface area contributed by atoms with Crippen molar-refractivity contribution in [2.75, 3.05) is 0 Å². The summed E-state index contributed by atoms with van der Waals surface area (Å²) in [5, 5.41) is 0. The summed E-state index contributed by atoms with van der Waals surface area (Å²) in [7, 11) is 0. The van der Waals surface area contributed by atoms with E-state index in [1.807, 2.05) is 0 Å². The van der Waals surface area contributed by atoms with Crippen LogP contribution in [-0.4, -0.2) is 25.8 Å². The summed E-state index contributed by atoms with van der Waals surface area (Å²) in [4.78, 5) is 11.2. The third kappa shape index (κ3) is 3.74. The van der Waals surface area contributed by atoms with Crippen LogP contribution in [0.4, 0.5) is 0 Å². The van der Waals surface area contributed by atoms with Gasteiger partial charge in [-0.3, -0.25) is 0 Å². The Morgan fingerprint density at radius 1 is 1.08 bits per heavy atom. The fourth-order valence-electron chi connectivity index (χ4n) is 2.01. The molecule has 1 nitrogen and oxygen atoms in total. The molecule has 0 spiro atoms. The molecule has 0 saturated heterocycles. The first kappa shape index (κ1) is 11.1. The maximum absolute atomic E-state index is 11.2. The van der Waals surface area contributed by atoms with E-state index in [-0.39, 0.29) is 5.78 Å². The molecule has 1 aliphatic rings. The summed E-state index contributed by atoms with van der Waals surface area (Å²) in [5.74, 6) is 0.781. The van der Waals surface area contributed by atoms with Gasteiger partial charge in [0.15, 0.2) is 0 Å². The molecule has 0 atom stereocenters. The normalized spacial score (nSPS) is 20.4. The average Bonchev–Trinajstić information content (AvgIpc) is 2.02. The third-order valence-corrected chi connectivity index (χ3v) is 4.13. The standard InChI is InChI=1S/C11H18OSe/c1-9(12)11(13)10-7-5-3-2-4-6-8-10/h10H,2-8H2,1H3. The molecule has 0 aliphatic heterocycles. The average molecular weight is 245 g/mol. The SMILES string of the molecule is CC(=O)C(=[Se])C1CCCCCCC1. The molecule has 2 heteroatoms. The predicted molar refractivity (Wildman–Crippen MR) is 57.3 cm³/mol. The Kier molecular flexibility index (Phi) is 4.90. The molecule has 1 rings (SSSR count). The van der Waals surface area contributed by atoms with Gasteiger partial charge in [-0.25, -0.2) is 0 Å². The Hall–Kier alpha value is 0.0595. The van der Waals surface area contributed by atoms with Gasteiger partial charge in [-0.05, 0) is 0 Å². The maximum atomic E-state index is 11.2. The molecule has 0 aromatic carbocycles. The number of rotatable bonds is 2. The molecular formula is C11H18OSe. The van der Waals surface area contributed by atoms with Gasteiger partial charge in [-0.1, -0.05) is 0 Å². The Bertz CT molecular complexity index is 190. The summed E-state index contributed by atoms with van der Waals surface area (Å²) in [6, 6.07) is 0. The van der Waals surface area contributed by atoms with Gasteiger partial charge in [-0.15, -0.1) is 0 Å². The zero-order chi connectivity index (χ0) is 9.68. The van der Waals surface area contributed by atoms with Gasteiger partial charge in [0.25, 0.3) is 0 Å². The second kappa shape index (κ2) is 5.72. The summed E-state index contributed by atoms with van der Waals surface area (Å²) in [6.45, 7) is 1.67. The first-order valence-corrected chi connectivity index (χ1v) is 6.12. The van der Waals surface area contributed by atoms with Gasteiger partial charge >= 0.3 is 88.4 Å². The zero-order valence-corrected chi connectivity index (χ0v) is 10.1. The molecule has 0 aromatic heterocycles. The van der Waals surface area contributed by atoms with Crippen LogP contribution >= 0.6 is 0 Å². The topological polar surface area (TPSA) is 17.1 Å². The number of Topliss-reactive ketones (excluding diaryl/α,β-unsaturated/α-hetero) is 1. The second-order valence-electron chi connectivity index (χ2n) is 3.96. The zero-order valence-electron chi connectivity index (χ0n) is 8.34. The quantitative estimate of drug-likeness (QED) is 0.682. The van der Waals surface area contributed by atoms with Crippen molar-refractivity contribution in [3.8, 4) is 0 Å². The van der Waals surface area contributed by atoms with E-state index >= 15 is 0 Å². The van der Waals surface area contributed by atoms with Crippen molar-refractivity contribution in [2.24, 2.45) is 5.92 Å². The summed E-state index contributed by atoms with van der Waals surface area (Å²) in [5.41, 5.74) is 0. The van der Waals surface area contributed by atoms with E-state index in [0.717, 1.165) is 4.42 Å². The Morgan fingerprint density at radius 3 is 2.00 bits per heavy atom. The number of carbonyl (C=O) groups excluding carboxylic acids is 1. The van der Waals surface area contributed by atoms with Crippen LogP contribution in [0, 0.1) is 5.92 Å². The second-order valence-corrected chi connectivity index (χ2v) is 4.89. The minimum absolute atomic E-state index is 0.241. The van der Waals surface area contributed by atoms with Gasteiger partial charge in [0.1, 0.15) is 0 Å². The van der Waals surface area contributed by atoms with E-state index in [9.17, 15) is 4.79 Å². The van der Waals surface area contributed by atoms with Crippen LogP contribution < -0.4 is 0 Å². The Balaban J connectivity index is 2.45. The van der Waals surface area contributed by atoms with Gasteiger partial charge in [0, 0.05) is 0 Å². The fraction of sp³-hybridized carbons (Fsp3) is 0.818. The molecule has 0 bridgehead atoms. The van der Waals surface area contributed by atoms with Gasteiger partial charge in [0.2, 0.25) is 0 Å². The minimum atomic E-state index is 0.241. The van der Waals surface area contributed by atoms with Crippen molar-refractivity contribution in [2.45, 2.75) is 51.9 Å². The van der Waals surface area contributed by atoms with Crippen molar-refractivity contribution in [3.63, 3.8) is 0 Å². The van der Waals surface area contributed by atoms with Crippen molar-refractivity contribution in [1.82, 2.24) is 0 Å². The van der Waals surface area contributed by atoms with Crippen LogP contribution in [-0.2, 0) is 4.79 Å². The van der Waals surface area contributed by atoms with E-state index in [0.29, 0.717) is 5.92 Å². The molecule has 0 radical (unpaired) electrons. The molecule has 0 aromatic rings. The van der Waals surface area contributed by atoms with Crippen molar-refractivity contribution < 1.29 is 4.79 Å². The molecule has 1 fully saturated rings. The molecule has 74 valence electrons. The number of carbonyl (C=O) groups is 1. The molecule has 1 aliphatic carbocycles. The monoisotopic (exact) mass is 246 g/mol. The van der Waals surface area contributed by atoms with E-state index in [4.69, 9.17) is 0 Å².